The monoisotopic (exact) mass is 247 g/mol. The minimum Gasteiger partial charge on any atom is -0.480 e. The number of benzene rings is 1. The predicted octanol–water partition coefficient (Wildman–Crippen LogP) is 2.68. The van der Waals surface area contributed by atoms with Gasteiger partial charge >= 0.3 is 5.97 Å². The van der Waals surface area contributed by atoms with Gasteiger partial charge in [0.25, 0.3) is 0 Å². The first-order chi connectivity index (χ1) is 8.54. The molecule has 1 atom stereocenters. The SMILES string of the molecule is Cc1ccccc1C(C)(NCC1CCC1)C(=O)O. The summed E-state index contributed by atoms with van der Waals surface area (Å²) >= 11 is 0. The Morgan fingerprint density at radius 2 is 2.11 bits per heavy atom. The van der Waals surface area contributed by atoms with Crippen molar-refractivity contribution >= 4 is 5.97 Å². The van der Waals surface area contributed by atoms with E-state index < -0.39 is 11.5 Å². The zero-order chi connectivity index (χ0) is 13.2. The molecule has 2 N–H and O–H groups in total. The molecule has 0 bridgehead atoms. The van der Waals surface area contributed by atoms with E-state index in [0.717, 1.165) is 17.7 Å². The number of carboxylic acids is 1. The summed E-state index contributed by atoms with van der Waals surface area (Å²) in [6, 6.07) is 7.69. The second kappa shape index (κ2) is 5.11. The molecule has 0 aliphatic heterocycles. The standard InChI is InChI=1S/C15H21NO2/c1-11-6-3-4-9-13(11)15(2,14(17)18)16-10-12-7-5-8-12/h3-4,6,9,12,16H,5,7-8,10H2,1-2H3,(H,17,18). The van der Waals surface area contributed by atoms with Crippen molar-refractivity contribution in [3.05, 3.63) is 35.4 Å². The Balaban J connectivity index is 2.20. The number of aryl methyl sites for hydroxylation is 1. The molecule has 1 fully saturated rings. The predicted molar refractivity (Wildman–Crippen MR) is 71.5 cm³/mol. The third-order valence-corrected chi connectivity index (χ3v) is 4.08. The zero-order valence-corrected chi connectivity index (χ0v) is 11.1. The van der Waals surface area contributed by atoms with E-state index in [1.807, 2.05) is 31.2 Å². The molecule has 1 aromatic rings. The summed E-state index contributed by atoms with van der Waals surface area (Å²) in [5.41, 5.74) is 0.890. The Hall–Kier alpha value is -1.35. The van der Waals surface area contributed by atoms with Gasteiger partial charge in [0, 0.05) is 0 Å². The first-order valence-corrected chi connectivity index (χ1v) is 6.58. The van der Waals surface area contributed by atoms with E-state index in [0.29, 0.717) is 5.92 Å². The molecule has 0 saturated heterocycles. The maximum atomic E-state index is 11.6. The van der Waals surface area contributed by atoms with Crippen molar-refractivity contribution in [3.63, 3.8) is 0 Å². The Labute approximate surface area is 108 Å². The lowest BCUT2D eigenvalue weighted by atomic mass is 9.83. The maximum Gasteiger partial charge on any atom is 0.328 e. The van der Waals surface area contributed by atoms with Gasteiger partial charge in [0.05, 0.1) is 0 Å². The first kappa shape index (κ1) is 13.1. The van der Waals surface area contributed by atoms with Crippen molar-refractivity contribution in [2.24, 2.45) is 5.92 Å². The quantitative estimate of drug-likeness (QED) is 0.841. The summed E-state index contributed by atoms with van der Waals surface area (Å²) in [4.78, 5) is 11.6. The number of aliphatic carboxylic acids is 1. The Bertz CT molecular complexity index is 440. The van der Waals surface area contributed by atoms with Gasteiger partial charge in [0.15, 0.2) is 0 Å². The van der Waals surface area contributed by atoms with Gasteiger partial charge in [0.2, 0.25) is 0 Å². The average molecular weight is 247 g/mol. The molecule has 0 aromatic heterocycles. The van der Waals surface area contributed by atoms with Gasteiger partial charge in [0.1, 0.15) is 5.54 Å². The van der Waals surface area contributed by atoms with Gasteiger partial charge in [-0.15, -0.1) is 0 Å². The second-order valence-electron chi connectivity index (χ2n) is 5.42. The smallest absolute Gasteiger partial charge is 0.328 e. The average Bonchev–Trinajstić information content (AvgIpc) is 2.27. The molecule has 98 valence electrons. The number of carboxylic acid groups (broad SMARTS) is 1. The highest BCUT2D eigenvalue weighted by Gasteiger charge is 2.36. The summed E-state index contributed by atoms with van der Waals surface area (Å²) in [5, 5.41) is 12.8. The second-order valence-corrected chi connectivity index (χ2v) is 5.42. The molecular weight excluding hydrogens is 226 g/mol. The first-order valence-electron chi connectivity index (χ1n) is 6.58. The molecule has 18 heavy (non-hydrogen) atoms. The molecule has 3 heteroatoms. The Kier molecular flexibility index (Phi) is 3.71. The Morgan fingerprint density at radius 3 is 2.61 bits per heavy atom. The Morgan fingerprint density at radius 1 is 1.44 bits per heavy atom. The van der Waals surface area contributed by atoms with Crippen LogP contribution in [0, 0.1) is 12.8 Å². The van der Waals surface area contributed by atoms with Crippen LogP contribution in [0.1, 0.15) is 37.3 Å². The van der Waals surface area contributed by atoms with Crippen LogP contribution in [-0.4, -0.2) is 17.6 Å². The minimum atomic E-state index is -0.985. The van der Waals surface area contributed by atoms with E-state index in [4.69, 9.17) is 0 Å². The lowest BCUT2D eigenvalue weighted by Crippen LogP contribution is -2.49. The van der Waals surface area contributed by atoms with Crippen LogP contribution in [0.4, 0.5) is 0 Å². The molecule has 1 saturated carbocycles. The van der Waals surface area contributed by atoms with Gasteiger partial charge in [-0.1, -0.05) is 30.7 Å². The molecule has 1 aromatic carbocycles. The van der Waals surface area contributed by atoms with Gasteiger partial charge in [-0.3, -0.25) is 5.32 Å². The van der Waals surface area contributed by atoms with Crippen LogP contribution in [0.2, 0.25) is 0 Å². The van der Waals surface area contributed by atoms with E-state index >= 15 is 0 Å². The fourth-order valence-electron chi connectivity index (χ4n) is 2.47. The van der Waals surface area contributed by atoms with Gasteiger partial charge < -0.3 is 5.11 Å². The minimum absolute atomic E-state index is 0.646. The topological polar surface area (TPSA) is 49.3 Å². The number of hydrogen-bond donors (Lipinski definition) is 2. The molecule has 3 nitrogen and oxygen atoms in total. The van der Waals surface area contributed by atoms with Crippen molar-refractivity contribution in [2.45, 2.75) is 38.6 Å². The summed E-state index contributed by atoms with van der Waals surface area (Å²) in [7, 11) is 0. The number of rotatable bonds is 5. The van der Waals surface area contributed by atoms with Crippen molar-refractivity contribution < 1.29 is 9.90 Å². The fourth-order valence-corrected chi connectivity index (χ4v) is 2.47. The summed E-state index contributed by atoms with van der Waals surface area (Å²) in [6.07, 6.45) is 3.72. The van der Waals surface area contributed by atoms with Gasteiger partial charge in [-0.25, -0.2) is 4.79 Å². The highest BCUT2D eigenvalue weighted by atomic mass is 16.4. The molecule has 1 aliphatic carbocycles. The van der Waals surface area contributed by atoms with E-state index in [-0.39, 0.29) is 0 Å². The highest BCUT2D eigenvalue weighted by Crippen LogP contribution is 2.29. The van der Waals surface area contributed by atoms with Crippen molar-refractivity contribution in [2.75, 3.05) is 6.54 Å². The van der Waals surface area contributed by atoms with Crippen LogP contribution in [0.15, 0.2) is 24.3 Å². The number of nitrogens with one attached hydrogen (secondary N) is 1. The third-order valence-electron chi connectivity index (χ3n) is 4.08. The molecule has 0 heterocycles. The number of carbonyl (C=O) groups is 1. The lowest BCUT2D eigenvalue weighted by molar-refractivity contribution is -0.144. The summed E-state index contributed by atoms with van der Waals surface area (Å²) in [6.45, 7) is 4.51. The maximum absolute atomic E-state index is 11.6. The van der Waals surface area contributed by atoms with Gasteiger partial charge in [-0.2, -0.15) is 0 Å². The van der Waals surface area contributed by atoms with Crippen LogP contribution < -0.4 is 5.32 Å². The van der Waals surface area contributed by atoms with Crippen molar-refractivity contribution in [3.8, 4) is 0 Å². The van der Waals surface area contributed by atoms with Crippen LogP contribution in [0.3, 0.4) is 0 Å². The van der Waals surface area contributed by atoms with Crippen LogP contribution in [0.25, 0.3) is 0 Å². The molecule has 0 amide bonds. The zero-order valence-electron chi connectivity index (χ0n) is 11.1. The molecule has 1 aliphatic rings. The van der Waals surface area contributed by atoms with E-state index in [1.54, 1.807) is 6.92 Å². The van der Waals surface area contributed by atoms with E-state index in [2.05, 4.69) is 5.32 Å². The lowest BCUT2D eigenvalue weighted by Gasteiger charge is -2.33. The summed E-state index contributed by atoms with van der Waals surface area (Å²) < 4.78 is 0. The van der Waals surface area contributed by atoms with Gasteiger partial charge in [-0.05, 0) is 50.3 Å². The van der Waals surface area contributed by atoms with E-state index in [9.17, 15) is 9.90 Å². The molecule has 0 spiro atoms. The molecule has 1 unspecified atom stereocenters. The van der Waals surface area contributed by atoms with Crippen LogP contribution in [-0.2, 0) is 10.3 Å². The van der Waals surface area contributed by atoms with Crippen molar-refractivity contribution in [1.82, 2.24) is 5.32 Å². The third kappa shape index (κ3) is 2.41. The van der Waals surface area contributed by atoms with Crippen LogP contribution >= 0.6 is 0 Å². The van der Waals surface area contributed by atoms with Crippen LogP contribution in [0.5, 0.6) is 0 Å². The molecule has 0 radical (unpaired) electrons. The normalized spacial score (nSPS) is 19.0. The molecular formula is C15H21NO2. The highest BCUT2D eigenvalue weighted by molar-refractivity contribution is 5.80. The number of hydrogen-bond acceptors (Lipinski definition) is 2. The fraction of sp³-hybridized carbons (Fsp3) is 0.533. The summed E-state index contributed by atoms with van der Waals surface area (Å²) in [5.74, 6) is -0.163. The molecule has 2 rings (SSSR count). The van der Waals surface area contributed by atoms with E-state index in [1.165, 1.54) is 19.3 Å². The van der Waals surface area contributed by atoms with Crippen molar-refractivity contribution in [1.29, 1.82) is 0 Å². The largest absolute Gasteiger partial charge is 0.480 e.